The Labute approximate surface area is 158 Å². The number of hydrogen-bond donors (Lipinski definition) is 1. The molecule has 1 saturated heterocycles. The zero-order chi connectivity index (χ0) is 19.0. The van der Waals surface area contributed by atoms with Gasteiger partial charge in [-0.3, -0.25) is 4.90 Å². The summed E-state index contributed by atoms with van der Waals surface area (Å²) < 4.78 is 22.3. The van der Waals surface area contributed by atoms with Gasteiger partial charge in [0, 0.05) is 18.7 Å². The first-order valence-corrected chi connectivity index (χ1v) is 9.40. The standard InChI is InChI=1S/C20H26N2O5/c1-4-20(23)6-5-7-22(11-20)10-15-13(2)27-19(21-15)14-8-16(24-3)18-17(9-14)25-12-26-18/h8-9,23H,4-7,10-12H2,1-3H3. The first-order valence-electron chi connectivity index (χ1n) is 9.40. The van der Waals surface area contributed by atoms with E-state index in [-0.39, 0.29) is 6.79 Å². The molecule has 27 heavy (non-hydrogen) atoms. The smallest absolute Gasteiger partial charge is 0.231 e. The molecular formula is C20H26N2O5. The van der Waals surface area contributed by atoms with Crippen LogP contribution in [0.15, 0.2) is 16.5 Å². The normalized spacial score (nSPS) is 22.2. The van der Waals surface area contributed by atoms with E-state index in [4.69, 9.17) is 23.6 Å². The van der Waals surface area contributed by atoms with E-state index in [0.717, 1.165) is 42.8 Å². The molecule has 0 bridgehead atoms. The maximum Gasteiger partial charge on any atom is 0.231 e. The van der Waals surface area contributed by atoms with E-state index in [0.29, 0.717) is 36.2 Å². The molecule has 2 aromatic rings. The van der Waals surface area contributed by atoms with Gasteiger partial charge in [0.05, 0.1) is 18.4 Å². The van der Waals surface area contributed by atoms with Gasteiger partial charge in [0.25, 0.3) is 0 Å². The fourth-order valence-corrected chi connectivity index (χ4v) is 3.79. The Hall–Kier alpha value is -2.25. The van der Waals surface area contributed by atoms with Gasteiger partial charge in [-0.25, -0.2) is 4.98 Å². The number of likely N-dealkylation sites (tertiary alicyclic amines) is 1. The molecule has 4 rings (SSSR count). The van der Waals surface area contributed by atoms with Crippen molar-refractivity contribution < 1.29 is 23.7 Å². The number of nitrogens with zero attached hydrogens (tertiary/aromatic N) is 2. The third-order valence-corrected chi connectivity index (χ3v) is 5.46. The highest BCUT2D eigenvalue weighted by atomic mass is 16.7. The van der Waals surface area contributed by atoms with Crippen LogP contribution in [-0.4, -0.2) is 47.6 Å². The van der Waals surface area contributed by atoms with Crippen LogP contribution in [0.4, 0.5) is 0 Å². The van der Waals surface area contributed by atoms with Crippen LogP contribution < -0.4 is 14.2 Å². The molecule has 0 saturated carbocycles. The number of ether oxygens (including phenoxy) is 3. The molecule has 1 aromatic heterocycles. The first-order chi connectivity index (χ1) is 13.0. The summed E-state index contributed by atoms with van der Waals surface area (Å²) in [5, 5.41) is 10.6. The second kappa shape index (κ2) is 7.05. The largest absolute Gasteiger partial charge is 0.493 e. The summed E-state index contributed by atoms with van der Waals surface area (Å²) >= 11 is 0. The Morgan fingerprint density at radius 3 is 2.96 bits per heavy atom. The Bertz CT molecular complexity index is 834. The zero-order valence-corrected chi connectivity index (χ0v) is 16.1. The lowest BCUT2D eigenvalue weighted by Gasteiger charge is -2.38. The molecule has 146 valence electrons. The summed E-state index contributed by atoms with van der Waals surface area (Å²) in [6.07, 6.45) is 2.62. The number of methoxy groups -OCH3 is 1. The second-order valence-electron chi connectivity index (χ2n) is 7.33. The molecule has 1 atom stereocenters. The summed E-state index contributed by atoms with van der Waals surface area (Å²) in [4.78, 5) is 6.96. The molecule has 7 nitrogen and oxygen atoms in total. The van der Waals surface area contributed by atoms with Crippen LogP contribution in [0.5, 0.6) is 17.2 Å². The van der Waals surface area contributed by atoms with Crippen molar-refractivity contribution in [2.75, 3.05) is 27.0 Å². The van der Waals surface area contributed by atoms with Crippen molar-refractivity contribution in [2.24, 2.45) is 0 Å². The monoisotopic (exact) mass is 374 g/mol. The van der Waals surface area contributed by atoms with Gasteiger partial charge in [-0.15, -0.1) is 0 Å². The van der Waals surface area contributed by atoms with E-state index in [2.05, 4.69) is 4.90 Å². The van der Waals surface area contributed by atoms with Crippen LogP contribution in [0.25, 0.3) is 11.5 Å². The highest BCUT2D eigenvalue weighted by molar-refractivity contribution is 5.66. The lowest BCUT2D eigenvalue weighted by molar-refractivity contribution is -0.0361. The van der Waals surface area contributed by atoms with Crippen molar-refractivity contribution in [3.8, 4) is 28.7 Å². The van der Waals surface area contributed by atoms with E-state index < -0.39 is 5.60 Å². The van der Waals surface area contributed by atoms with Crippen LogP contribution in [-0.2, 0) is 6.54 Å². The molecule has 1 unspecified atom stereocenters. The number of aryl methyl sites for hydroxylation is 1. The van der Waals surface area contributed by atoms with Gasteiger partial charge in [0.1, 0.15) is 5.76 Å². The van der Waals surface area contributed by atoms with E-state index in [9.17, 15) is 5.11 Å². The van der Waals surface area contributed by atoms with Gasteiger partial charge in [0.2, 0.25) is 18.4 Å². The van der Waals surface area contributed by atoms with Crippen LogP contribution in [0, 0.1) is 6.92 Å². The predicted molar refractivity (Wildman–Crippen MR) is 99.1 cm³/mol. The molecule has 2 aliphatic rings. The number of oxazole rings is 1. The molecule has 0 amide bonds. The quantitative estimate of drug-likeness (QED) is 0.861. The Kier molecular flexibility index (Phi) is 4.74. The summed E-state index contributed by atoms with van der Waals surface area (Å²) in [6, 6.07) is 3.70. The minimum absolute atomic E-state index is 0.181. The number of rotatable bonds is 5. The van der Waals surface area contributed by atoms with Crippen LogP contribution in [0.1, 0.15) is 37.6 Å². The SMILES string of the molecule is CCC1(O)CCCN(Cc2nc(-c3cc(OC)c4c(c3)OCO4)oc2C)C1. The third kappa shape index (κ3) is 3.49. The number of hydrogen-bond acceptors (Lipinski definition) is 7. The second-order valence-corrected chi connectivity index (χ2v) is 7.33. The molecule has 3 heterocycles. The fraction of sp³-hybridized carbons (Fsp3) is 0.550. The van der Waals surface area contributed by atoms with Crippen LogP contribution in [0.3, 0.4) is 0 Å². The van der Waals surface area contributed by atoms with Gasteiger partial charge in [0.15, 0.2) is 11.5 Å². The first kappa shape index (κ1) is 18.1. The molecule has 0 radical (unpaired) electrons. The van der Waals surface area contributed by atoms with Gasteiger partial charge >= 0.3 is 0 Å². The highest BCUT2D eigenvalue weighted by Crippen LogP contribution is 2.44. The number of β-amino-alcohol motifs (C(OH)–C–C–N with tert-alkyl or cyclic N) is 1. The summed E-state index contributed by atoms with van der Waals surface area (Å²) in [7, 11) is 1.60. The van der Waals surface area contributed by atoms with E-state index in [1.165, 1.54) is 0 Å². The van der Waals surface area contributed by atoms with Crippen molar-refractivity contribution in [1.29, 1.82) is 0 Å². The number of piperidine rings is 1. The third-order valence-electron chi connectivity index (χ3n) is 5.46. The van der Waals surface area contributed by atoms with E-state index in [1.807, 2.05) is 26.0 Å². The molecule has 1 aromatic carbocycles. The molecule has 7 heteroatoms. The number of benzene rings is 1. The van der Waals surface area contributed by atoms with Crippen LogP contribution in [0.2, 0.25) is 0 Å². The molecule has 1 N–H and O–H groups in total. The van der Waals surface area contributed by atoms with Gasteiger partial charge < -0.3 is 23.7 Å². The minimum atomic E-state index is -0.594. The highest BCUT2D eigenvalue weighted by Gasteiger charge is 2.32. The maximum atomic E-state index is 10.6. The van der Waals surface area contributed by atoms with Crippen molar-refractivity contribution in [3.63, 3.8) is 0 Å². The van der Waals surface area contributed by atoms with Gasteiger partial charge in [-0.05, 0) is 44.9 Å². The molecule has 1 fully saturated rings. The zero-order valence-electron chi connectivity index (χ0n) is 16.1. The predicted octanol–water partition coefficient (Wildman–Crippen LogP) is 3.12. The van der Waals surface area contributed by atoms with Crippen molar-refractivity contribution >= 4 is 0 Å². The summed E-state index contributed by atoms with van der Waals surface area (Å²) in [5.41, 5.74) is 1.08. The van der Waals surface area contributed by atoms with Crippen molar-refractivity contribution in [1.82, 2.24) is 9.88 Å². The van der Waals surface area contributed by atoms with E-state index >= 15 is 0 Å². The Morgan fingerprint density at radius 2 is 2.19 bits per heavy atom. The van der Waals surface area contributed by atoms with Crippen LogP contribution >= 0.6 is 0 Å². The Morgan fingerprint density at radius 1 is 1.33 bits per heavy atom. The van der Waals surface area contributed by atoms with Crippen molar-refractivity contribution in [2.45, 2.75) is 45.3 Å². The maximum absolute atomic E-state index is 10.6. The molecular weight excluding hydrogens is 348 g/mol. The van der Waals surface area contributed by atoms with Crippen molar-refractivity contribution in [3.05, 3.63) is 23.6 Å². The van der Waals surface area contributed by atoms with Gasteiger partial charge in [-0.2, -0.15) is 0 Å². The molecule has 2 aliphatic heterocycles. The van der Waals surface area contributed by atoms with Gasteiger partial charge in [-0.1, -0.05) is 6.92 Å². The Balaban J connectivity index is 1.57. The lowest BCUT2D eigenvalue weighted by Crippen LogP contribution is -2.47. The average Bonchev–Trinajstić information content (AvgIpc) is 3.28. The van der Waals surface area contributed by atoms with E-state index in [1.54, 1.807) is 7.11 Å². The minimum Gasteiger partial charge on any atom is -0.493 e. The number of aliphatic hydroxyl groups is 1. The summed E-state index contributed by atoms with van der Waals surface area (Å²) in [6.45, 7) is 6.44. The fourth-order valence-electron chi connectivity index (χ4n) is 3.79. The lowest BCUT2D eigenvalue weighted by atomic mass is 9.90. The number of aromatic nitrogens is 1. The average molecular weight is 374 g/mol. The molecule has 0 aliphatic carbocycles. The number of fused-ring (bicyclic) bond motifs is 1. The summed E-state index contributed by atoms with van der Waals surface area (Å²) in [5.74, 6) is 3.15. The topological polar surface area (TPSA) is 77.2 Å². The molecule has 0 spiro atoms.